The molecule has 0 aromatic heterocycles. The molecule has 0 atom stereocenters. The first-order valence-corrected chi connectivity index (χ1v) is 12.9. The van der Waals surface area contributed by atoms with E-state index in [2.05, 4.69) is 13.8 Å². The van der Waals surface area contributed by atoms with E-state index >= 15 is 0 Å². The fraction of sp³-hybridized carbons (Fsp3) is 0.923. The van der Waals surface area contributed by atoms with Gasteiger partial charge in [-0.25, -0.2) is 0 Å². The molecule has 0 rings (SSSR count). The van der Waals surface area contributed by atoms with E-state index in [1.54, 1.807) is 0 Å². The molecule has 0 unspecified atom stereocenters. The number of carbonyl (C=O) groups excluding carboxylic acids is 2. The van der Waals surface area contributed by atoms with Crippen LogP contribution in [0, 0.1) is 0 Å². The van der Waals surface area contributed by atoms with Crippen molar-refractivity contribution in [3.8, 4) is 0 Å². The maximum atomic E-state index is 11.7. The molecule has 31 heavy (non-hydrogen) atoms. The zero-order valence-electron chi connectivity index (χ0n) is 19.8. The number of esters is 2. The molecule has 5 heteroatoms. The summed E-state index contributed by atoms with van der Waals surface area (Å²) in [5.41, 5.74) is 0. The van der Waals surface area contributed by atoms with Gasteiger partial charge in [0.25, 0.3) is 0 Å². The fourth-order valence-electron chi connectivity index (χ4n) is 3.74. The van der Waals surface area contributed by atoms with Crippen LogP contribution in [0.5, 0.6) is 0 Å². The Bertz CT molecular complexity index is 376. The Kier molecular flexibility index (Phi) is 36.9. The predicted molar refractivity (Wildman–Crippen MR) is 138 cm³/mol. The van der Waals surface area contributed by atoms with Crippen LogP contribution >= 0.6 is 0 Å². The SMILES string of the molecule is CCCCCCCCCCCCCCCC(=O)OC(=O)CCCCCCCCC.[NaH].[NaH]. The van der Waals surface area contributed by atoms with Crippen LogP contribution in [0.1, 0.15) is 155 Å². The van der Waals surface area contributed by atoms with E-state index < -0.39 is 0 Å². The molecule has 0 saturated heterocycles. The molecule has 0 heterocycles. The van der Waals surface area contributed by atoms with Gasteiger partial charge in [-0.1, -0.05) is 129 Å². The summed E-state index contributed by atoms with van der Waals surface area (Å²) in [4.78, 5) is 23.4. The molecule has 0 aliphatic heterocycles. The van der Waals surface area contributed by atoms with Crippen molar-refractivity contribution in [3.63, 3.8) is 0 Å². The molecule has 0 amide bonds. The average Bonchev–Trinajstić information content (AvgIpc) is 2.70. The minimum absolute atomic E-state index is 0. The molecule has 0 saturated carbocycles. The van der Waals surface area contributed by atoms with E-state index in [9.17, 15) is 9.59 Å². The molecule has 0 radical (unpaired) electrons. The van der Waals surface area contributed by atoms with E-state index in [1.165, 1.54) is 103 Å². The molecule has 0 N–H and O–H groups in total. The standard InChI is InChI=1S/C26H50O3.2Na.2H/c1-3-5-7-9-11-12-13-14-15-16-18-20-22-24-26(28)29-25(27)23-21-19-17-10-8-6-4-2;;;;/h3-24H2,1-2H3;;;;. The zero-order valence-corrected chi connectivity index (χ0v) is 19.8. The molecular weight excluding hydrogens is 406 g/mol. The van der Waals surface area contributed by atoms with Crippen molar-refractivity contribution >= 4 is 71.1 Å². The quantitative estimate of drug-likeness (QED) is 0.0735. The molecule has 176 valence electrons. The van der Waals surface area contributed by atoms with Crippen LogP contribution in [0.4, 0.5) is 0 Å². The summed E-state index contributed by atoms with van der Waals surface area (Å²) in [5.74, 6) is -0.667. The van der Waals surface area contributed by atoms with Crippen LogP contribution in [0.2, 0.25) is 0 Å². The second-order valence-corrected chi connectivity index (χ2v) is 8.71. The van der Waals surface area contributed by atoms with Crippen molar-refractivity contribution in [2.45, 2.75) is 155 Å². The van der Waals surface area contributed by atoms with E-state index in [0.29, 0.717) is 12.8 Å². The van der Waals surface area contributed by atoms with Gasteiger partial charge >= 0.3 is 71.1 Å². The van der Waals surface area contributed by atoms with Gasteiger partial charge in [0.1, 0.15) is 0 Å². The Morgan fingerprint density at radius 2 is 0.645 bits per heavy atom. The summed E-state index contributed by atoms with van der Waals surface area (Å²) in [6, 6.07) is 0. The zero-order chi connectivity index (χ0) is 21.4. The van der Waals surface area contributed by atoms with Crippen molar-refractivity contribution in [1.29, 1.82) is 0 Å². The second kappa shape index (κ2) is 31.1. The van der Waals surface area contributed by atoms with Crippen molar-refractivity contribution < 1.29 is 14.3 Å². The summed E-state index contributed by atoms with van der Waals surface area (Å²) in [7, 11) is 0. The monoisotopic (exact) mass is 458 g/mol. The van der Waals surface area contributed by atoms with E-state index in [4.69, 9.17) is 4.74 Å². The Balaban J connectivity index is -0.00000392. The molecular formula is C26H52Na2O3. The van der Waals surface area contributed by atoms with Crippen LogP contribution in [0.15, 0.2) is 0 Å². The molecule has 0 fully saturated rings. The van der Waals surface area contributed by atoms with Crippen molar-refractivity contribution in [3.05, 3.63) is 0 Å². The number of carbonyl (C=O) groups is 2. The molecule has 0 spiro atoms. The summed E-state index contributed by atoms with van der Waals surface area (Å²) in [6.45, 7) is 4.48. The summed E-state index contributed by atoms with van der Waals surface area (Å²) < 4.78 is 4.92. The van der Waals surface area contributed by atoms with E-state index in [1.807, 2.05) is 0 Å². The topological polar surface area (TPSA) is 43.4 Å². The summed E-state index contributed by atoms with van der Waals surface area (Å²) in [5, 5.41) is 0. The number of ether oxygens (including phenoxy) is 1. The fourth-order valence-corrected chi connectivity index (χ4v) is 3.74. The van der Waals surface area contributed by atoms with E-state index in [-0.39, 0.29) is 71.1 Å². The number of hydrogen-bond acceptors (Lipinski definition) is 3. The van der Waals surface area contributed by atoms with Gasteiger partial charge in [-0.05, 0) is 12.8 Å². The average molecular weight is 459 g/mol. The van der Waals surface area contributed by atoms with Crippen LogP contribution in [-0.2, 0) is 14.3 Å². The molecule has 3 nitrogen and oxygen atoms in total. The molecule has 0 aromatic rings. The van der Waals surface area contributed by atoms with Gasteiger partial charge in [-0.3, -0.25) is 9.59 Å². The number of unbranched alkanes of at least 4 members (excludes halogenated alkanes) is 18. The van der Waals surface area contributed by atoms with Gasteiger partial charge in [0.15, 0.2) is 0 Å². The van der Waals surface area contributed by atoms with Gasteiger partial charge in [0.05, 0.1) is 0 Å². The van der Waals surface area contributed by atoms with Gasteiger partial charge < -0.3 is 4.74 Å². The summed E-state index contributed by atoms with van der Waals surface area (Å²) >= 11 is 0. The third-order valence-corrected chi connectivity index (χ3v) is 5.70. The van der Waals surface area contributed by atoms with Crippen molar-refractivity contribution in [2.75, 3.05) is 0 Å². The van der Waals surface area contributed by atoms with Gasteiger partial charge in [0, 0.05) is 12.8 Å². The third kappa shape index (κ3) is 31.1. The molecule has 0 aliphatic carbocycles. The van der Waals surface area contributed by atoms with Crippen molar-refractivity contribution in [1.82, 2.24) is 0 Å². The molecule has 0 aromatic carbocycles. The second-order valence-electron chi connectivity index (χ2n) is 8.71. The Morgan fingerprint density at radius 1 is 0.419 bits per heavy atom. The number of rotatable bonds is 22. The Morgan fingerprint density at radius 3 is 0.903 bits per heavy atom. The first-order valence-electron chi connectivity index (χ1n) is 12.9. The minimum atomic E-state index is -0.335. The van der Waals surface area contributed by atoms with Crippen molar-refractivity contribution in [2.24, 2.45) is 0 Å². The number of hydrogen-bond donors (Lipinski definition) is 0. The first kappa shape index (κ1) is 36.7. The molecule has 0 bridgehead atoms. The van der Waals surface area contributed by atoms with Crippen LogP contribution in [0.25, 0.3) is 0 Å². The normalized spacial score (nSPS) is 10.3. The van der Waals surface area contributed by atoms with Gasteiger partial charge in [-0.2, -0.15) is 0 Å². The van der Waals surface area contributed by atoms with Crippen LogP contribution in [-0.4, -0.2) is 71.1 Å². The Hall–Kier alpha value is 1.14. The summed E-state index contributed by atoms with van der Waals surface area (Å²) in [6.07, 6.45) is 25.7. The van der Waals surface area contributed by atoms with E-state index in [0.717, 1.165) is 25.7 Å². The van der Waals surface area contributed by atoms with Gasteiger partial charge in [-0.15, -0.1) is 0 Å². The Labute approximate surface area is 238 Å². The third-order valence-electron chi connectivity index (χ3n) is 5.70. The maximum absolute atomic E-state index is 11.7. The van der Waals surface area contributed by atoms with Gasteiger partial charge in [0.2, 0.25) is 0 Å². The first-order chi connectivity index (χ1) is 14.2. The predicted octanol–water partition coefficient (Wildman–Crippen LogP) is 7.38. The molecule has 0 aliphatic rings. The van der Waals surface area contributed by atoms with Crippen LogP contribution < -0.4 is 0 Å². The van der Waals surface area contributed by atoms with Crippen LogP contribution in [0.3, 0.4) is 0 Å².